The topological polar surface area (TPSA) is 98.7 Å². The Balaban J connectivity index is 1.42. The van der Waals surface area contributed by atoms with Crippen molar-refractivity contribution in [3.05, 3.63) is 48.3 Å². The Morgan fingerprint density at radius 3 is 2.25 bits per heavy atom. The summed E-state index contributed by atoms with van der Waals surface area (Å²) in [4.78, 5) is 27.3. The Labute approximate surface area is 190 Å². The average molecular weight is 461 g/mol. The molecule has 1 saturated heterocycles. The second kappa shape index (κ2) is 11.3. The molecule has 0 spiro atoms. The summed E-state index contributed by atoms with van der Waals surface area (Å²) in [5.74, 6) is 0.663. The van der Waals surface area contributed by atoms with E-state index in [0.717, 1.165) is 45.1 Å². The third-order valence-electron chi connectivity index (χ3n) is 5.61. The van der Waals surface area contributed by atoms with E-state index < -0.39 is 10.0 Å². The Morgan fingerprint density at radius 2 is 1.66 bits per heavy atom. The van der Waals surface area contributed by atoms with Gasteiger partial charge >= 0.3 is 0 Å². The fourth-order valence-corrected chi connectivity index (χ4v) is 4.76. The molecule has 0 atom stereocenters. The highest BCUT2D eigenvalue weighted by Crippen LogP contribution is 2.13. The molecule has 32 heavy (non-hydrogen) atoms. The number of sulfonamides is 1. The summed E-state index contributed by atoms with van der Waals surface area (Å²) < 4.78 is 27.8. The predicted molar refractivity (Wildman–Crippen MR) is 124 cm³/mol. The Hall–Kier alpha value is -2.56. The summed E-state index contributed by atoms with van der Waals surface area (Å²) in [5.41, 5.74) is 0.493. The van der Waals surface area contributed by atoms with Gasteiger partial charge in [0.2, 0.25) is 16.0 Å². The zero-order valence-corrected chi connectivity index (χ0v) is 19.6. The molecule has 2 aromatic rings. The van der Waals surface area contributed by atoms with Crippen LogP contribution in [0.2, 0.25) is 0 Å². The number of hydrogen-bond donors (Lipinski definition) is 1. The third kappa shape index (κ3) is 6.24. The highest BCUT2D eigenvalue weighted by molar-refractivity contribution is 7.89. The lowest BCUT2D eigenvalue weighted by molar-refractivity contribution is 0.0773. The van der Waals surface area contributed by atoms with Crippen molar-refractivity contribution >= 4 is 21.9 Å². The molecular formula is C22H32N6O3S. The van der Waals surface area contributed by atoms with E-state index in [9.17, 15) is 13.2 Å². The molecule has 1 aromatic carbocycles. The van der Waals surface area contributed by atoms with Gasteiger partial charge < -0.3 is 9.80 Å². The largest absolute Gasteiger partial charge is 0.339 e. The van der Waals surface area contributed by atoms with Gasteiger partial charge in [-0.1, -0.05) is 0 Å². The first-order valence-electron chi connectivity index (χ1n) is 11.1. The number of nitrogens with zero attached hydrogens (tertiary/aromatic N) is 5. The maximum atomic E-state index is 12.6. The molecule has 10 heteroatoms. The lowest BCUT2D eigenvalue weighted by atomic mass is 10.2. The predicted octanol–water partition coefficient (Wildman–Crippen LogP) is 1.45. The highest BCUT2D eigenvalue weighted by atomic mass is 32.2. The van der Waals surface area contributed by atoms with Gasteiger partial charge in [-0.2, -0.15) is 0 Å². The van der Waals surface area contributed by atoms with Crippen LogP contribution in [0.3, 0.4) is 0 Å². The zero-order chi connectivity index (χ0) is 23.0. The molecule has 0 unspecified atom stereocenters. The van der Waals surface area contributed by atoms with Crippen LogP contribution in [0.1, 0.15) is 30.6 Å². The summed E-state index contributed by atoms with van der Waals surface area (Å²) in [6.45, 7) is 9.76. The minimum Gasteiger partial charge on any atom is -0.339 e. The minimum absolute atomic E-state index is 0.0918. The number of anilines is 1. The fourth-order valence-electron chi connectivity index (χ4n) is 3.69. The van der Waals surface area contributed by atoms with Crippen LogP contribution < -0.4 is 9.62 Å². The number of rotatable bonds is 10. The molecule has 9 nitrogen and oxygen atoms in total. The molecule has 0 saturated carbocycles. The van der Waals surface area contributed by atoms with Crippen LogP contribution in [0.4, 0.5) is 5.95 Å². The number of carbonyl (C=O) groups is 1. The number of aromatic nitrogens is 2. The van der Waals surface area contributed by atoms with Gasteiger partial charge in [0.25, 0.3) is 5.91 Å². The van der Waals surface area contributed by atoms with Crippen molar-refractivity contribution in [1.29, 1.82) is 0 Å². The molecule has 0 radical (unpaired) electrons. The summed E-state index contributed by atoms with van der Waals surface area (Å²) >= 11 is 0. The first-order chi connectivity index (χ1) is 15.4. The summed E-state index contributed by atoms with van der Waals surface area (Å²) in [6.07, 6.45) is 4.22. The number of benzene rings is 1. The Bertz CT molecular complexity index is 957. The molecule has 3 rings (SSSR count). The maximum Gasteiger partial charge on any atom is 0.253 e. The molecule has 0 aliphatic carbocycles. The smallest absolute Gasteiger partial charge is 0.253 e. The van der Waals surface area contributed by atoms with Crippen LogP contribution in [0.15, 0.2) is 47.6 Å². The monoisotopic (exact) mass is 460 g/mol. The van der Waals surface area contributed by atoms with Crippen molar-refractivity contribution in [2.75, 3.05) is 57.3 Å². The van der Waals surface area contributed by atoms with E-state index in [-0.39, 0.29) is 10.8 Å². The molecule has 174 valence electrons. The maximum absolute atomic E-state index is 12.6. The van der Waals surface area contributed by atoms with Gasteiger partial charge in [-0.25, -0.2) is 23.1 Å². The van der Waals surface area contributed by atoms with Gasteiger partial charge in [0.05, 0.1) is 4.90 Å². The number of piperazine rings is 1. The normalized spacial score (nSPS) is 15.0. The van der Waals surface area contributed by atoms with Gasteiger partial charge in [0, 0.05) is 63.8 Å². The molecule has 0 bridgehead atoms. The SMILES string of the molecule is CCN(CC)C(=O)c1ccc(S(=O)(=O)NCCCN2CCN(c3ncccn3)CC2)cc1. The van der Waals surface area contributed by atoms with Gasteiger partial charge in [-0.05, 0) is 57.1 Å². The van der Waals surface area contributed by atoms with E-state index in [2.05, 4.69) is 24.5 Å². The van der Waals surface area contributed by atoms with Crippen LogP contribution in [0.5, 0.6) is 0 Å². The van der Waals surface area contributed by atoms with Gasteiger partial charge in [0.1, 0.15) is 0 Å². The quantitative estimate of drug-likeness (QED) is 0.536. The standard InChI is InChI=1S/C22H32N6O3S/c1-3-27(4-2)21(29)19-7-9-20(10-8-19)32(30,31)25-13-6-14-26-15-17-28(18-16-26)22-23-11-5-12-24-22/h5,7-12,25H,3-4,6,13-18H2,1-2H3. The van der Waals surface area contributed by atoms with Crippen molar-refractivity contribution in [1.82, 2.24) is 24.5 Å². The molecule has 1 amide bonds. The molecule has 1 aliphatic rings. The average Bonchev–Trinajstić information content (AvgIpc) is 2.83. The van der Waals surface area contributed by atoms with Crippen LogP contribution in [0, 0.1) is 0 Å². The van der Waals surface area contributed by atoms with Gasteiger partial charge in [-0.3, -0.25) is 9.69 Å². The minimum atomic E-state index is -3.60. The Kier molecular flexibility index (Phi) is 8.54. The third-order valence-corrected chi connectivity index (χ3v) is 7.09. The van der Waals surface area contributed by atoms with Crippen LogP contribution in [-0.2, 0) is 10.0 Å². The van der Waals surface area contributed by atoms with E-state index in [4.69, 9.17) is 0 Å². The van der Waals surface area contributed by atoms with Crippen molar-refractivity contribution in [2.45, 2.75) is 25.2 Å². The summed E-state index contributed by atoms with van der Waals surface area (Å²) in [5, 5.41) is 0. The molecule has 1 fully saturated rings. The first-order valence-corrected chi connectivity index (χ1v) is 12.6. The van der Waals surface area contributed by atoms with E-state index in [0.29, 0.717) is 25.2 Å². The van der Waals surface area contributed by atoms with Crippen LogP contribution >= 0.6 is 0 Å². The van der Waals surface area contributed by atoms with E-state index in [1.165, 1.54) is 12.1 Å². The highest BCUT2D eigenvalue weighted by Gasteiger charge is 2.19. The number of hydrogen-bond acceptors (Lipinski definition) is 7. The zero-order valence-electron chi connectivity index (χ0n) is 18.8. The summed E-state index contributed by atoms with van der Waals surface area (Å²) in [6, 6.07) is 7.94. The molecule has 1 aliphatic heterocycles. The Morgan fingerprint density at radius 1 is 1.03 bits per heavy atom. The fraction of sp³-hybridized carbons (Fsp3) is 0.500. The van der Waals surface area contributed by atoms with Gasteiger partial charge in [-0.15, -0.1) is 0 Å². The number of amides is 1. The summed E-state index contributed by atoms with van der Waals surface area (Å²) in [7, 11) is -3.60. The molecular weight excluding hydrogens is 428 g/mol. The first kappa shape index (κ1) is 24.1. The number of carbonyl (C=O) groups excluding carboxylic acids is 1. The number of nitrogens with one attached hydrogen (secondary N) is 1. The van der Waals surface area contributed by atoms with Crippen LogP contribution in [-0.4, -0.2) is 86.5 Å². The lowest BCUT2D eigenvalue weighted by Crippen LogP contribution is -2.47. The molecule has 2 heterocycles. The second-order valence-corrected chi connectivity index (χ2v) is 9.40. The molecule has 1 aromatic heterocycles. The van der Waals surface area contributed by atoms with Crippen molar-refractivity contribution in [3.63, 3.8) is 0 Å². The molecule has 1 N–H and O–H groups in total. The van der Waals surface area contributed by atoms with E-state index in [1.807, 2.05) is 13.8 Å². The van der Waals surface area contributed by atoms with E-state index >= 15 is 0 Å². The lowest BCUT2D eigenvalue weighted by Gasteiger charge is -2.34. The second-order valence-electron chi connectivity index (χ2n) is 7.63. The van der Waals surface area contributed by atoms with Crippen LogP contribution in [0.25, 0.3) is 0 Å². The van der Waals surface area contributed by atoms with Crippen molar-refractivity contribution in [2.24, 2.45) is 0 Å². The van der Waals surface area contributed by atoms with Crippen molar-refractivity contribution < 1.29 is 13.2 Å². The van der Waals surface area contributed by atoms with Crippen molar-refractivity contribution in [3.8, 4) is 0 Å². The van der Waals surface area contributed by atoms with Gasteiger partial charge in [0.15, 0.2) is 0 Å². The van der Waals surface area contributed by atoms with E-state index in [1.54, 1.807) is 35.5 Å².